The quantitative estimate of drug-likeness (QED) is 0.607. The van der Waals surface area contributed by atoms with Crippen LogP contribution < -0.4 is 21.3 Å². The Balaban J connectivity index is 1.50. The Morgan fingerprint density at radius 1 is 1.03 bits per heavy atom. The van der Waals surface area contributed by atoms with Crippen LogP contribution in [-0.4, -0.2) is 68.5 Å². The van der Waals surface area contributed by atoms with E-state index in [2.05, 4.69) is 25.4 Å². The first-order chi connectivity index (χ1) is 14.0. The number of aryl methyl sites for hydroxylation is 1. The minimum absolute atomic E-state index is 0.107. The lowest BCUT2D eigenvalue weighted by atomic mass is 10.2. The van der Waals surface area contributed by atoms with Crippen molar-refractivity contribution in [3.63, 3.8) is 0 Å². The van der Waals surface area contributed by atoms with E-state index in [0.29, 0.717) is 18.0 Å². The highest BCUT2D eigenvalue weighted by Crippen LogP contribution is 2.19. The van der Waals surface area contributed by atoms with Crippen molar-refractivity contribution in [1.29, 1.82) is 0 Å². The van der Waals surface area contributed by atoms with Crippen LogP contribution in [0.15, 0.2) is 33.9 Å². The van der Waals surface area contributed by atoms with Crippen LogP contribution in [0, 0.1) is 0 Å². The largest absolute Gasteiger partial charge is 0.492 e. The summed E-state index contributed by atoms with van der Waals surface area (Å²) in [7, 11) is 2.95. The number of nitrogens with one attached hydrogen (secondary N) is 1. The molecule has 29 heavy (non-hydrogen) atoms. The van der Waals surface area contributed by atoms with Gasteiger partial charge in [-0.25, -0.2) is 9.78 Å². The highest BCUT2D eigenvalue weighted by Gasteiger charge is 2.14. The average Bonchev–Trinajstić information content (AvgIpc) is 2.77. The first-order valence-electron chi connectivity index (χ1n) is 9.51. The molecule has 1 aliphatic heterocycles. The lowest BCUT2D eigenvalue weighted by Gasteiger charge is -2.26. The van der Waals surface area contributed by atoms with Crippen molar-refractivity contribution >= 4 is 11.2 Å². The second-order valence-corrected chi connectivity index (χ2v) is 6.98. The van der Waals surface area contributed by atoms with Gasteiger partial charge in [-0.3, -0.25) is 18.8 Å². The van der Waals surface area contributed by atoms with Gasteiger partial charge in [-0.15, -0.1) is 10.2 Å². The van der Waals surface area contributed by atoms with Gasteiger partial charge in [0.05, 0.1) is 0 Å². The molecule has 0 amide bonds. The summed E-state index contributed by atoms with van der Waals surface area (Å²) in [6.45, 7) is 5.64. The van der Waals surface area contributed by atoms with Crippen molar-refractivity contribution in [1.82, 2.24) is 34.5 Å². The van der Waals surface area contributed by atoms with Crippen molar-refractivity contribution < 1.29 is 4.74 Å². The molecule has 1 saturated heterocycles. The zero-order chi connectivity index (χ0) is 20.4. The maximum absolute atomic E-state index is 12.4. The zero-order valence-electron chi connectivity index (χ0n) is 16.5. The third-order valence-electron chi connectivity index (χ3n) is 5.07. The van der Waals surface area contributed by atoms with Crippen LogP contribution in [0.2, 0.25) is 0 Å². The van der Waals surface area contributed by atoms with E-state index in [1.807, 2.05) is 24.3 Å². The van der Waals surface area contributed by atoms with Crippen LogP contribution in [-0.2, 0) is 14.1 Å². The molecule has 2 aromatic heterocycles. The fourth-order valence-corrected chi connectivity index (χ4v) is 3.30. The van der Waals surface area contributed by atoms with E-state index in [4.69, 9.17) is 4.74 Å². The van der Waals surface area contributed by atoms with E-state index >= 15 is 0 Å². The van der Waals surface area contributed by atoms with Crippen molar-refractivity contribution in [3.8, 4) is 17.1 Å². The van der Waals surface area contributed by atoms with Gasteiger partial charge in [0.15, 0.2) is 17.0 Å². The summed E-state index contributed by atoms with van der Waals surface area (Å²) in [5.41, 5.74) is 0.0243. The molecule has 1 fully saturated rings. The Labute approximate surface area is 166 Å². The van der Waals surface area contributed by atoms with Crippen LogP contribution >= 0.6 is 0 Å². The van der Waals surface area contributed by atoms with Gasteiger partial charge in [-0.05, 0) is 24.3 Å². The Hall–Kier alpha value is -3.11. The van der Waals surface area contributed by atoms with Gasteiger partial charge in [-0.1, -0.05) is 0 Å². The summed E-state index contributed by atoms with van der Waals surface area (Å²) in [5, 5.41) is 11.5. The van der Waals surface area contributed by atoms with Crippen LogP contribution in [0.4, 0.5) is 0 Å². The van der Waals surface area contributed by atoms with E-state index in [0.717, 1.165) is 43.0 Å². The first kappa shape index (κ1) is 19.2. The number of nitrogens with zero attached hydrogens (tertiary/aromatic N) is 6. The third kappa shape index (κ3) is 3.89. The van der Waals surface area contributed by atoms with Crippen LogP contribution in [0.5, 0.6) is 5.75 Å². The molecule has 3 heterocycles. The predicted molar refractivity (Wildman–Crippen MR) is 108 cm³/mol. The average molecular weight is 397 g/mol. The Kier molecular flexibility index (Phi) is 5.36. The van der Waals surface area contributed by atoms with Gasteiger partial charge in [0.2, 0.25) is 0 Å². The molecule has 0 bridgehead atoms. The summed E-state index contributed by atoms with van der Waals surface area (Å²) < 4.78 is 8.09. The van der Waals surface area contributed by atoms with Crippen LogP contribution in [0.1, 0.15) is 0 Å². The van der Waals surface area contributed by atoms with Crippen molar-refractivity contribution in [2.75, 3.05) is 39.3 Å². The molecular weight excluding hydrogens is 374 g/mol. The topological polar surface area (TPSA) is 107 Å². The monoisotopic (exact) mass is 397 g/mol. The SMILES string of the molecule is Cn1c(=O)c2nc(-c3ccc(OCCN4CCNCC4)cc3)nnc2n(C)c1=O. The highest BCUT2D eigenvalue weighted by molar-refractivity contribution is 5.71. The van der Waals surface area contributed by atoms with E-state index < -0.39 is 11.2 Å². The molecule has 0 aliphatic carbocycles. The molecule has 1 aliphatic rings. The standard InChI is InChI=1S/C19H23N7O3/c1-24-17-15(18(27)25(2)19(24)28)21-16(22-23-17)13-3-5-14(6-4-13)29-12-11-26-9-7-20-8-10-26/h3-6,20H,7-12H2,1-2H3. The fraction of sp³-hybridized carbons (Fsp3) is 0.421. The third-order valence-corrected chi connectivity index (χ3v) is 5.07. The van der Waals surface area contributed by atoms with Crippen molar-refractivity contribution in [3.05, 3.63) is 45.1 Å². The Morgan fingerprint density at radius 2 is 1.76 bits per heavy atom. The molecule has 0 unspecified atom stereocenters. The number of hydrogen-bond donors (Lipinski definition) is 1. The van der Waals surface area contributed by atoms with Gasteiger partial charge < -0.3 is 10.1 Å². The van der Waals surface area contributed by atoms with Gasteiger partial charge in [0.1, 0.15) is 12.4 Å². The molecular formula is C19H23N7O3. The molecule has 0 atom stereocenters. The molecule has 10 heteroatoms. The molecule has 0 spiro atoms. The minimum atomic E-state index is -0.493. The van der Waals surface area contributed by atoms with Crippen LogP contribution in [0.25, 0.3) is 22.6 Å². The molecule has 4 rings (SSSR count). The number of hydrogen-bond acceptors (Lipinski definition) is 8. The van der Waals surface area contributed by atoms with E-state index in [-0.39, 0.29) is 11.2 Å². The molecule has 0 saturated carbocycles. The highest BCUT2D eigenvalue weighted by atomic mass is 16.5. The lowest BCUT2D eigenvalue weighted by Crippen LogP contribution is -2.44. The van der Waals surface area contributed by atoms with Gasteiger partial charge in [-0.2, -0.15) is 0 Å². The number of aromatic nitrogens is 5. The first-order valence-corrected chi connectivity index (χ1v) is 9.51. The maximum atomic E-state index is 12.4. The summed E-state index contributed by atoms with van der Waals surface area (Å²) >= 11 is 0. The van der Waals surface area contributed by atoms with E-state index in [9.17, 15) is 9.59 Å². The minimum Gasteiger partial charge on any atom is -0.492 e. The Morgan fingerprint density at radius 3 is 2.48 bits per heavy atom. The zero-order valence-corrected chi connectivity index (χ0v) is 16.5. The molecule has 3 aromatic rings. The molecule has 152 valence electrons. The lowest BCUT2D eigenvalue weighted by molar-refractivity contribution is 0.191. The van der Waals surface area contributed by atoms with E-state index in [1.54, 1.807) is 0 Å². The van der Waals surface area contributed by atoms with Gasteiger partial charge in [0, 0.05) is 52.4 Å². The van der Waals surface area contributed by atoms with E-state index in [1.165, 1.54) is 18.7 Å². The summed E-state index contributed by atoms with van der Waals surface area (Å²) in [4.78, 5) is 31.1. The van der Waals surface area contributed by atoms with Crippen molar-refractivity contribution in [2.24, 2.45) is 14.1 Å². The smallest absolute Gasteiger partial charge is 0.332 e. The Bertz CT molecular complexity index is 1130. The molecule has 0 radical (unpaired) electrons. The molecule has 1 aromatic carbocycles. The number of benzene rings is 1. The maximum Gasteiger partial charge on any atom is 0.332 e. The second-order valence-electron chi connectivity index (χ2n) is 6.98. The van der Waals surface area contributed by atoms with Crippen molar-refractivity contribution in [2.45, 2.75) is 0 Å². The normalized spacial score (nSPS) is 15.0. The second kappa shape index (κ2) is 8.10. The number of rotatable bonds is 5. The van der Waals surface area contributed by atoms with Gasteiger partial charge in [0.25, 0.3) is 5.56 Å². The summed E-state index contributed by atoms with van der Waals surface area (Å²) in [6, 6.07) is 7.35. The number of ether oxygens (including phenoxy) is 1. The molecule has 1 N–H and O–H groups in total. The summed E-state index contributed by atoms with van der Waals surface area (Å²) in [6.07, 6.45) is 0. The van der Waals surface area contributed by atoms with Gasteiger partial charge >= 0.3 is 5.69 Å². The number of piperazine rings is 1. The molecule has 10 nitrogen and oxygen atoms in total. The van der Waals surface area contributed by atoms with Crippen LogP contribution in [0.3, 0.4) is 0 Å². The fourth-order valence-electron chi connectivity index (χ4n) is 3.30. The summed E-state index contributed by atoms with van der Waals surface area (Å²) in [5.74, 6) is 1.08. The predicted octanol–water partition coefficient (Wildman–Crippen LogP) is -0.627. The number of fused-ring (bicyclic) bond motifs is 1.